The number of hydrogen-bond donors (Lipinski definition) is 0. The number of aliphatic imine (C=N–C) groups is 2. The number of ketones is 4. The summed E-state index contributed by atoms with van der Waals surface area (Å²) in [7, 11) is 0. The average Bonchev–Trinajstić information content (AvgIpc) is 2.69. The van der Waals surface area contributed by atoms with Crippen molar-refractivity contribution in [2.24, 2.45) is 20.8 Å². The van der Waals surface area contributed by atoms with E-state index in [0.717, 1.165) is 0 Å². The Morgan fingerprint density at radius 3 is 1.32 bits per heavy atom. The molecule has 6 heteroatoms. The Morgan fingerprint density at radius 1 is 0.607 bits per heavy atom. The van der Waals surface area contributed by atoms with Gasteiger partial charge in [-0.3, -0.25) is 29.2 Å². The molecule has 2 heterocycles. The quantitative estimate of drug-likeness (QED) is 0.640. The summed E-state index contributed by atoms with van der Waals surface area (Å²) in [5, 5.41) is 1.35. The Balaban J connectivity index is 1.68. The molecule has 0 N–H and O–H groups in total. The molecule has 5 rings (SSSR count). The first-order valence-corrected chi connectivity index (χ1v) is 9.58. The molecule has 2 spiro atoms. The molecule has 0 radical (unpaired) electrons. The second kappa shape index (κ2) is 5.74. The normalized spacial score (nSPS) is 24.0. The largest absolute Gasteiger partial charge is 0.298 e. The van der Waals surface area contributed by atoms with Crippen LogP contribution < -0.4 is 10.4 Å². The Bertz CT molecular complexity index is 1030. The minimum atomic E-state index is -1.27. The van der Waals surface area contributed by atoms with Gasteiger partial charge >= 0.3 is 0 Å². The van der Waals surface area contributed by atoms with Crippen LogP contribution in [0.3, 0.4) is 0 Å². The monoisotopic (exact) mass is 374 g/mol. The first kappa shape index (κ1) is 17.1. The van der Waals surface area contributed by atoms with E-state index in [2.05, 4.69) is 9.98 Å². The first-order valence-electron chi connectivity index (χ1n) is 9.58. The summed E-state index contributed by atoms with van der Waals surface area (Å²) in [4.78, 5) is 58.8. The highest BCUT2D eigenvalue weighted by Crippen LogP contribution is 2.35. The highest BCUT2D eigenvalue weighted by atomic mass is 16.2. The van der Waals surface area contributed by atoms with Gasteiger partial charge in [-0.25, -0.2) is 0 Å². The highest BCUT2D eigenvalue weighted by Gasteiger charge is 2.46. The zero-order valence-corrected chi connectivity index (χ0v) is 15.2. The van der Waals surface area contributed by atoms with Gasteiger partial charge < -0.3 is 0 Å². The maximum Gasteiger partial charge on any atom is 0.155 e. The Labute approximate surface area is 160 Å². The summed E-state index contributed by atoms with van der Waals surface area (Å²) < 4.78 is 0. The van der Waals surface area contributed by atoms with Gasteiger partial charge in [0.1, 0.15) is 10.8 Å². The van der Waals surface area contributed by atoms with Gasteiger partial charge in [-0.1, -0.05) is 0 Å². The molecule has 2 aliphatic heterocycles. The van der Waals surface area contributed by atoms with E-state index >= 15 is 0 Å². The Morgan fingerprint density at radius 2 is 0.964 bits per heavy atom. The van der Waals surface area contributed by atoms with Crippen molar-refractivity contribution in [3.63, 3.8) is 0 Å². The van der Waals surface area contributed by atoms with Gasteiger partial charge in [0.05, 0.1) is 11.4 Å². The minimum Gasteiger partial charge on any atom is -0.298 e. The second-order valence-corrected chi connectivity index (χ2v) is 7.91. The molecule has 0 unspecified atom stereocenters. The number of carbonyl (C=O) groups is 4. The second-order valence-electron chi connectivity index (χ2n) is 7.91. The van der Waals surface area contributed by atoms with Crippen LogP contribution in [0.5, 0.6) is 0 Å². The van der Waals surface area contributed by atoms with Crippen molar-refractivity contribution >= 4 is 59.1 Å². The third-order valence-corrected chi connectivity index (χ3v) is 6.22. The molecule has 1 aromatic carbocycles. The van der Waals surface area contributed by atoms with E-state index in [-0.39, 0.29) is 23.1 Å². The van der Waals surface area contributed by atoms with Crippen molar-refractivity contribution in [3.05, 3.63) is 22.6 Å². The van der Waals surface area contributed by atoms with Crippen molar-refractivity contribution in [2.75, 3.05) is 0 Å². The standard InChI is InChI=1S/C22H18N2O4/c25-17-3-1-4-18(26)21(17)9-13-7-16-14(8-15(13)23-11-21)10-22(12-24-16)19(27)5-2-6-20(22)28/h7-12H,1-6H2. The minimum absolute atomic E-state index is 0.122. The number of nitrogens with zero attached hydrogens (tertiary/aromatic N) is 2. The van der Waals surface area contributed by atoms with Gasteiger partial charge in [-0.15, -0.1) is 0 Å². The summed E-state index contributed by atoms with van der Waals surface area (Å²) in [6, 6.07) is 3.55. The lowest BCUT2D eigenvalue weighted by Gasteiger charge is -2.30. The average molecular weight is 374 g/mol. The lowest BCUT2D eigenvalue weighted by Crippen LogP contribution is -2.45. The third-order valence-electron chi connectivity index (χ3n) is 6.22. The van der Waals surface area contributed by atoms with Gasteiger partial charge in [0, 0.05) is 48.5 Å². The fraction of sp³-hybridized carbons (Fsp3) is 0.364. The number of Topliss-reactive ketones (excluding diaryl/α,β-unsaturated/α-hetero) is 4. The zero-order valence-electron chi connectivity index (χ0n) is 15.2. The molecule has 2 saturated carbocycles. The first-order chi connectivity index (χ1) is 13.4. The Hall–Kier alpha value is -3.02. The molecular weight excluding hydrogens is 356 g/mol. The van der Waals surface area contributed by atoms with E-state index < -0.39 is 10.8 Å². The van der Waals surface area contributed by atoms with Crippen LogP contribution in [0.2, 0.25) is 0 Å². The maximum atomic E-state index is 12.5. The predicted octanol–water partition coefficient (Wildman–Crippen LogP) is 1.30. The molecule has 4 aliphatic rings. The summed E-state index contributed by atoms with van der Waals surface area (Å²) in [5.74, 6) is -0.488. The van der Waals surface area contributed by atoms with Gasteiger partial charge in [0.15, 0.2) is 23.1 Å². The van der Waals surface area contributed by atoms with Crippen LogP contribution >= 0.6 is 0 Å². The Kier molecular flexibility index (Phi) is 3.50. The number of rotatable bonds is 0. The van der Waals surface area contributed by atoms with Crippen LogP contribution in [0.4, 0.5) is 11.4 Å². The molecule has 6 nitrogen and oxygen atoms in total. The lowest BCUT2D eigenvalue weighted by molar-refractivity contribution is -0.137. The van der Waals surface area contributed by atoms with Crippen LogP contribution in [0, 0.1) is 10.8 Å². The van der Waals surface area contributed by atoms with Crippen molar-refractivity contribution in [1.29, 1.82) is 0 Å². The van der Waals surface area contributed by atoms with E-state index in [0.29, 0.717) is 60.3 Å². The van der Waals surface area contributed by atoms with Crippen LogP contribution in [0.25, 0.3) is 12.2 Å². The number of hydrogen-bond acceptors (Lipinski definition) is 6. The predicted molar refractivity (Wildman–Crippen MR) is 104 cm³/mol. The summed E-state index contributed by atoms with van der Waals surface area (Å²) in [6.45, 7) is 0. The molecule has 0 bridgehead atoms. The smallest absolute Gasteiger partial charge is 0.155 e. The van der Waals surface area contributed by atoms with Gasteiger partial charge in [0.25, 0.3) is 0 Å². The van der Waals surface area contributed by atoms with Crippen molar-refractivity contribution < 1.29 is 19.2 Å². The molecule has 28 heavy (non-hydrogen) atoms. The fourth-order valence-corrected chi connectivity index (χ4v) is 4.54. The topological polar surface area (TPSA) is 93.0 Å². The number of carbonyl (C=O) groups excluding carboxylic acids is 4. The third kappa shape index (κ3) is 2.20. The molecule has 0 aromatic heterocycles. The van der Waals surface area contributed by atoms with Crippen molar-refractivity contribution in [2.45, 2.75) is 38.5 Å². The van der Waals surface area contributed by atoms with Crippen LogP contribution in [-0.2, 0) is 19.2 Å². The van der Waals surface area contributed by atoms with Gasteiger partial charge in [-0.05, 0) is 37.1 Å². The zero-order chi connectivity index (χ0) is 19.5. The fourth-order valence-electron chi connectivity index (χ4n) is 4.54. The van der Waals surface area contributed by atoms with E-state index in [4.69, 9.17) is 0 Å². The van der Waals surface area contributed by atoms with Crippen molar-refractivity contribution in [1.82, 2.24) is 0 Å². The van der Waals surface area contributed by atoms with Gasteiger partial charge in [-0.2, -0.15) is 0 Å². The molecule has 0 amide bonds. The molecule has 2 fully saturated rings. The lowest BCUT2D eigenvalue weighted by atomic mass is 9.70. The van der Waals surface area contributed by atoms with Crippen LogP contribution in [0.15, 0.2) is 22.1 Å². The summed E-state index contributed by atoms with van der Waals surface area (Å²) in [5.41, 5.74) is -1.32. The molecule has 2 aliphatic carbocycles. The van der Waals surface area contributed by atoms with Crippen LogP contribution in [0.1, 0.15) is 38.5 Å². The number of benzene rings is 1. The molecular formula is C22H18N2O4. The van der Waals surface area contributed by atoms with Crippen LogP contribution in [-0.4, -0.2) is 35.6 Å². The van der Waals surface area contributed by atoms with E-state index in [1.54, 1.807) is 24.3 Å². The maximum absolute atomic E-state index is 12.5. The summed E-state index contributed by atoms with van der Waals surface area (Å²) in [6.07, 6.45) is 8.92. The van der Waals surface area contributed by atoms with E-state index in [1.807, 2.05) is 0 Å². The molecule has 0 atom stereocenters. The summed E-state index contributed by atoms with van der Waals surface area (Å²) >= 11 is 0. The van der Waals surface area contributed by atoms with Crippen molar-refractivity contribution in [3.8, 4) is 0 Å². The van der Waals surface area contributed by atoms with E-state index in [9.17, 15) is 19.2 Å². The highest BCUT2D eigenvalue weighted by molar-refractivity contribution is 6.28. The molecule has 0 saturated heterocycles. The van der Waals surface area contributed by atoms with Gasteiger partial charge in [0.2, 0.25) is 0 Å². The SMILES string of the molecule is O=C1CCCC(=O)C12C=Nc1cc3c(cc1=C2)N=CC1(C=3)C(=O)CCCC1=O. The number of fused-ring (bicyclic) bond motifs is 2. The molecule has 1 aromatic rings. The molecule has 140 valence electrons. The van der Waals surface area contributed by atoms with E-state index in [1.165, 1.54) is 12.4 Å².